The number of ether oxygens (including phenoxy) is 1. The third-order valence-corrected chi connectivity index (χ3v) is 4.38. The quantitative estimate of drug-likeness (QED) is 0.795. The summed E-state index contributed by atoms with van der Waals surface area (Å²) in [6, 6.07) is 8.99. The Hall–Kier alpha value is -2.83. The number of hydrogen-bond donors (Lipinski definition) is 0. The Morgan fingerprint density at radius 3 is 2.52 bits per heavy atom. The number of carbonyl (C=O) groups excluding carboxylic acids is 2. The summed E-state index contributed by atoms with van der Waals surface area (Å²) in [7, 11) is 1.37. The summed E-state index contributed by atoms with van der Waals surface area (Å²) >= 11 is 0. The van der Waals surface area contributed by atoms with E-state index in [2.05, 4.69) is 10.1 Å². The Morgan fingerprint density at radius 2 is 1.96 bits per heavy atom. The second-order valence-electron chi connectivity index (χ2n) is 6.16. The van der Waals surface area contributed by atoms with Crippen LogP contribution in [0.15, 0.2) is 34.9 Å². The third-order valence-electron chi connectivity index (χ3n) is 4.38. The van der Waals surface area contributed by atoms with E-state index in [1.807, 2.05) is 19.1 Å². The number of carbonyl (C=O) groups is 2. The fourth-order valence-electron chi connectivity index (χ4n) is 3.03. The largest absolute Gasteiger partial charge is 0.465 e. The molecule has 3 rings (SSSR count). The van der Waals surface area contributed by atoms with Gasteiger partial charge in [-0.1, -0.05) is 5.16 Å². The molecule has 2 aromatic rings. The van der Waals surface area contributed by atoms with Gasteiger partial charge in [0.15, 0.2) is 0 Å². The zero-order chi connectivity index (χ0) is 18.0. The second kappa shape index (κ2) is 6.96. The van der Waals surface area contributed by atoms with Gasteiger partial charge in [0, 0.05) is 37.4 Å². The van der Waals surface area contributed by atoms with Gasteiger partial charge in [0.2, 0.25) is 5.76 Å². The lowest BCUT2D eigenvalue weighted by atomic mass is 10.1. The van der Waals surface area contributed by atoms with Gasteiger partial charge >= 0.3 is 5.97 Å². The summed E-state index contributed by atoms with van der Waals surface area (Å²) < 4.78 is 9.80. The summed E-state index contributed by atoms with van der Waals surface area (Å²) in [5.41, 5.74) is 2.23. The van der Waals surface area contributed by atoms with Crippen molar-refractivity contribution in [2.24, 2.45) is 0 Å². The number of hydrogen-bond acceptors (Lipinski definition) is 6. The first-order valence-electron chi connectivity index (χ1n) is 8.17. The molecule has 1 atom stereocenters. The van der Waals surface area contributed by atoms with Crippen molar-refractivity contribution in [2.75, 3.05) is 31.6 Å². The first-order chi connectivity index (χ1) is 12.0. The minimum atomic E-state index is -0.349. The van der Waals surface area contributed by atoms with Crippen molar-refractivity contribution < 1.29 is 18.8 Å². The highest BCUT2D eigenvalue weighted by Gasteiger charge is 2.30. The molecule has 1 saturated heterocycles. The van der Waals surface area contributed by atoms with Crippen molar-refractivity contribution in [3.8, 4) is 0 Å². The van der Waals surface area contributed by atoms with Gasteiger partial charge in [0.05, 0.1) is 18.4 Å². The molecule has 1 aromatic carbocycles. The van der Waals surface area contributed by atoms with Crippen LogP contribution >= 0.6 is 0 Å². The number of nitrogens with zero attached hydrogens (tertiary/aromatic N) is 3. The minimum Gasteiger partial charge on any atom is -0.465 e. The third kappa shape index (κ3) is 3.50. The fraction of sp³-hybridized carbons (Fsp3) is 0.389. The molecule has 1 fully saturated rings. The molecule has 132 valence electrons. The molecule has 1 aliphatic rings. The maximum atomic E-state index is 12.5. The number of amides is 1. The van der Waals surface area contributed by atoms with Gasteiger partial charge in [-0.05, 0) is 38.1 Å². The Morgan fingerprint density at radius 1 is 1.24 bits per heavy atom. The Balaban J connectivity index is 1.67. The minimum absolute atomic E-state index is 0.0342. The van der Waals surface area contributed by atoms with Crippen molar-refractivity contribution in [3.05, 3.63) is 47.3 Å². The fourth-order valence-corrected chi connectivity index (χ4v) is 3.03. The molecule has 1 aromatic heterocycles. The van der Waals surface area contributed by atoms with E-state index < -0.39 is 0 Å². The maximum absolute atomic E-state index is 12.5. The topological polar surface area (TPSA) is 75.9 Å². The molecule has 0 N–H and O–H groups in total. The van der Waals surface area contributed by atoms with Gasteiger partial charge in [-0.25, -0.2) is 4.79 Å². The van der Waals surface area contributed by atoms with Crippen LogP contribution in [0.4, 0.5) is 5.69 Å². The monoisotopic (exact) mass is 343 g/mol. The van der Waals surface area contributed by atoms with Crippen LogP contribution < -0.4 is 4.90 Å². The molecule has 7 heteroatoms. The Bertz CT molecular complexity index is 769. The summed E-state index contributed by atoms with van der Waals surface area (Å²) in [6.45, 7) is 5.81. The molecule has 7 nitrogen and oxygen atoms in total. The van der Waals surface area contributed by atoms with E-state index in [1.54, 1.807) is 30.0 Å². The van der Waals surface area contributed by atoms with E-state index in [9.17, 15) is 9.59 Å². The molecule has 0 radical (unpaired) electrons. The SMILES string of the molecule is COC(=O)c1ccc(N2CCN(C(=O)c3cc(C)no3)[C@H](C)C2)cc1. The average Bonchev–Trinajstić information content (AvgIpc) is 3.07. The molecule has 0 bridgehead atoms. The molecule has 0 aliphatic carbocycles. The zero-order valence-electron chi connectivity index (χ0n) is 14.6. The lowest BCUT2D eigenvalue weighted by Gasteiger charge is -2.40. The van der Waals surface area contributed by atoms with E-state index in [1.165, 1.54) is 7.11 Å². The summed E-state index contributed by atoms with van der Waals surface area (Å²) in [5, 5.41) is 3.78. The lowest BCUT2D eigenvalue weighted by molar-refractivity contribution is 0.0598. The van der Waals surface area contributed by atoms with Crippen LogP contribution in [0.25, 0.3) is 0 Å². The smallest absolute Gasteiger partial charge is 0.337 e. The molecule has 2 heterocycles. The summed E-state index contributed by atoms with van der Waals surface area (Å²) in [4.78, 5) is 28.1. The molecule has 1 amide bonds. The van der Waals surface area contributed by atoms with Crippen LogP contribution in [-0.2, 0) is 4.74 Å². The number of benzene rings is 1. The van der Waals surface area contributed by atoms with Crippen LogP contribution in [0.3, 0.4) is 0 Å². The number of esters is 1. The number of anilines is 1. The van der Waals surface area contributed by atoms with Gasteiger partial charge in [-0.3, -0.25) is 4.79 Å². The first kappa shape index (κ1) is 17.0. The number of aromatic nitrogens is 1. The van der Waals surface area contributed by atoms with Crippen LogP contribution in [-0.4, -0.2) is 54.7 Å². The second-order valence-corrected chi connectivity index (χ2v) is 6.16. The average molecular weight is 343 g/mol. The predicted molar refractivity (Wildman–Crippen MR) is 91.7 cm³/mol. The van der Waals surface area contributed by atoms with Gasteiger partial charge in [0.25, 0.3) is 5.91 Å². The zero-order valence-corrected chi connectivity index (χ0v) is 14.6. The standard InChI is InChI=1S/C18H21N3O4/c1-12-10-16(25-19-12)17(22)21-9-8-20(11-13(21)2)15-6-4-14(5-7-15)18(23)24-3/h4-7,10,13H,8-9,11H2,1-3H3/t13-/m1/s1. The Kier molecular flexibility index (Phi) is 4.74. The van der Waals surface area contributed by atoms with Crippen LogP contribution in [0.1, 0.15) is 33.5 Å². The van der Waals surface area contributed by atoms with E-state index in [-0.39, 0.29) is 23.7 Å². The highest BCUT2D eigenvalue weighted by Crippen LogP contribution is 2.21. The van der Waals surface area contributed by atoms with Crippen molar-refractivity contribution in [2.45, 2.75) is 19.9 Å². The summed E-state index contributed by atoms with van der Waals surface area (Å²) in [6.07, 6.45) is 0. The summed E-state index contributed by atoms with van der Waals surface area (Å²) in [5.74, 6) is -0.202. The molecule has 0 unspecified atom stereocenters. The number of piperazine rings is 1. The van der Waals surface area contributed by atoms with E-state index in [4.69, 9.17) is 9.26 Å². The number of methoxy groups -OCH3 is 1. The highest BCUT2D eigenvalue weighted by molar-refractivity contribution is 5.92. The maximum Gasteiger partial charge on any atom is 0.337 e. The van der Waals surface area contributed by atoms with Crippen LogP contribution in [0.2, 0.25) is 0 Å². The highest BCUT2D eigenvalue weighted by atomic mass is 16.5. The van der Waals surface area contributed by atoms with Gasteiger partial charge in [-0.15, -0.1) is 0 Å². The normalized spacial score (nSPS) is 17.5. The molecule has 1 aliphatic heterocycles. The van der Waals surface area contributed by atoms with Gasteiger partial charge in [0.1, 0.15) is 0 Å². The van der Waals surface area contributed by atoms with Crippen molar-refractivity contribution in [3.63, 3.8) is 0 Å². The van der Waals surface area contributed by atoms with Gasteiger partial charge < -0.3 is 19.1 Å². The van der Waals surface area contributed by atoms with Crippen molar-refractivity contribution >= 4 is 17.6 Å². The predicted octanol–water partition coefficient (Wildman–Crippen LogP) is 2.12. The molecular weight excluding hydrogens is 322 g/mol. The lowest BCUT2D eigenvalue weighted by Crippen LogP contribution is -2.54. The van der Waals surface area contributed by atoms with Crippen LogP contribution in [0.5, 0.6) is 0 Å². The molecular formula is C18H21N3O4. The van der Waals surface area contributed by atoms with E-state index >= 15 is 0 Å². The van der Waals surface area contributed by atoms with Crippen LogP contribution in [0, 0.1) is 6.92 Å². The molecule has 0 saturated carbocycles. The number of rotatable bonds is 3. The van der Waals surface area contributed by atoms with E-state index in [0.717, 1.165) is 5.69 Å². The molecule has 25 heavy (non-hydrogen) atoms. The van der Waals surface area contributed by atoms with Crippen molar-refractivity contribution in [1.29, 1.82) is 0 Å². The van der Waals surface area contributed by atoms with Gasteiger partial charge in [-0.2, -0.15) is 0 Å². The Labute approximate surface area is 146 Å². The van der Waals surface area contributed by atoms with Crippen molar-refractivity contribution in [1.82, 2.24) is 10.1 Å². The molecule has 0 spiro atoms. The van der Waals surface area contributed by atoms with E-state index in [0.29, 0.717) is 30.9 Å². The number of aryl methyl sites for hydroxylation is 1. The first-order valence-corrected chi connectivity index (χ1v) is 8.17.